The highest BCUT2D eigenvalue weighted by molar-refractivity contribution is 5.95. The fourth-order valence-corrected chi connectivity index (χ4v) is 4.62. The maximum Gasteiger partial charge on any atom is 0.254 e. The summed E-state index contributed by atoms with van der Waals surface area (Å²) in [6.45, 7) is 6.17. The molecule has 0 bridgehead atoms. The van der Waals surface area contributed by atoms with Gasteiger partial charge in [0.15, 0.2) is 11.5 Å². The van der Waals surface area contributed by atoms with Crippen LogP contribution in [0.15, 0.2) is 42.5 Å². The monoisotopic (exact) mass is 482 g/mol. The molecule has 35 heavy (non-hydrogen) atoms. The molecular weight excluding hydrogens is 448 g/mol. The van der Waals surface area contributed by atoms with E-state index in [0.29, 0.717) is 49.2 Å². The molecule has 2 aromatic carbocycles. The second-order valence-electron chi connectivity index (χ2n) is 9.70. The van der Waals surface area contributed by atoms with E-state index in [2.05, 4.69) is 4.90 Å². The molecule has 1 saturated heterocycles. The van der Waals surface area contributed by atoms with Crippen LogP contribution in [0.2, 0.25) is 0 Å². The normalized spacial score (nSPS) is 20.5. The number of aliphatic hydroxyl groups excluding tert-OH is 1. The summed E-state index contributed by atoms with van der Waals surface area (Å²) in [5, 5.41) is 10.6. The Kier molecular flexibility index (Phi) is 7.41. The molecular formula is C27H34N2O6. The molecule has 2 fully saturated rings. The van der Waals surface area contributed by atoms with Crippen LogP contribution in [0.3, 0.4) is 0 Å². The van der Waals surface area contributed by atoms with Crippen molar-refractivity contribution in [2.75, 3.05) is 52.7 Å². The maximum absolute atomic E-state index is 13.4. The largest absolute Gasteiger partial charge is 0.491 e. The number of morpholine rings is 1. The Bertz CT molecular complexity index is 1030. The lowest BCUT2D eigenvalue weighted by atomic mass is 10.1. The van der Waals surface area contributed by atoms with Crippen molar-refractivity contribution < 1.29 is 28.8 Å². The predicted molar refractivity (Wildman–Crippen MR) is 130 cm³/mol. The number of rotatable bonds is 10. The number of aliphatic hydroxyl groups is 1. The van der Waals surface area contributed by atoms with Gasteiger partial charge >= 0.3 is 0 Å². The summed E-state index contributed by atoms with van der Waals surface area (Å²) >= 11 is 0. The third kappa shape index (κ3) is 6.25. The van der Waals surface area contributed by atoms with Crippen LogP contribution in [-0.4, -0.2) is 85.8 Å². The van der Waals surface area contributed by atoms with Crippen LogP contribution in [0.1, 0.15) is 28.8 Å². The first-order chi connectivity index (χ1) is 17.0. The summed E-state index contributed by atoms with van der Waals surface area (Å²) in [6.07, 6.45) is 1.61. The Morgan fingerprint density at radius 1 is 1.17 bits per heavy atom. The highest BCUT2D eigenvalue weighted by Crippen LogP contribution is 2.34. The molecule has 2 atom stereocenters. The van der Waals surface area contributed by atoms with Crippen LogP contribution in [0.25, 0.3) is 0 Å². The molecule has 1 N–H and O–H groups in total. The minimum Gasteiger partial charge on any atom is -0.491 e. The van der Waals surface area contributed by atoms with Crippen molar-refractivity contribution in [2.45, 2.75) is 32.0 Å². The summed E-state index contributed by atoms with van der Waals surface area (Å²) in [7, 11) is 0. The van der Waals surface area contributed by atoms with Gasteiger partial charge < -0.3 is 29.0 Å². The molecule has 8 nitrogen and oxygen atoms in total. The fourth-order valence-electron chi connectivity index (χ4n) is 4.62. The lowest BCUT2D eigenvalue weighted by molar-refractivity contribution is -0.0538. The average Bonchev–Trinajstić information content (AvgIpc) is 3.55. The van der Waals surface area contributed by atoms with Gasteiger partial charge in [-0.05, 0) is 55.5 Å². The van der Waals surface area contributed by atoms with Crippen molar-refractivity contribution in [3.05, 3.63) is 53.6 Å². The molecule has 2 unspecified atom stereocenters. The summed E-state index contributed by atoms with van der Waals surface area (Å²) < 4.78 is 22.7. The van der Waals surface area contributed by atoms with Gasteiger partial charge in [0.2, 0.25) is 6.79 Å². The van der Waals surface area contributed by atoms with Crippen LogP contribution >= 0.6 is 0 Å². The topological polar surface area (TPSA) is 80.7 Å². The Labute approximate surface area is 206 Å². The number of hydrogen-bond acceptors (Lipinski definition) is 7. The summed E-state index contributed by atoms with van der Waals surface area (Å²) in [6, 6.07) is 13.2. The molecule has 1 aliphatic carbocycles. The molecule has 8 heteroatoms. The molecule has 2 aliphatic heterocycles. The van der Waals surface area contributed by atoms with E-state index in [1.54, 1.807) is 18.2 Å². The van der Waals surface area contributed by atoms with Gasteiger partial charge in [0.05, 0.1) is 12.7 Å². The summed E-state index contributed by atoms with van der Waals surface area (Å²) in [5.74, 6) is 2.63. The molecule has 5 rings (SSSR count). The third-order valence-electron chi connectivity index (χ3n) is 6.72. The number of ether oxygens (including phenoxy) is 4. The predicted octanol–water partition coefficient (Wildman–Crippen LogP) is 2.72. The fraction of sp³-hybridized carbons (Fsp3) is 0.519. The molecule has 188 valence electrons. The average molecular weight is 483 g/mol. The van der Waals surface area contributed by atoms with Crippen molar-refractivity contribution in [2.24, 2.45) is 5.92 Å². The molecule has 2 aromatic rings. The zero-order chi connectivity index (χ0) is 24.2. The first-order valence-corrected chi connectivity index (χ1v) is 12.4. The molecule has 3 aliphatic rings. The molecule has 0 radical (unpaired) electrons. The first kappa shape index (κ1) is 23.9. The SMILES string of the molecule is Cc1ccccc1OCC(O)CN1CCOC(CN(CC2CC2)C(=O)c2ccc3c(c2)OCO3)C1. The van der Waals surface area contributed by atoms with Gasteiger partial charge in [-0.1, -0.05) is 18.2 Å². The minimum atomic E-state index is -0.605. The Balaban J connectivity index is 1.16. The second kappa shape index (κ2) is 10.8. The van der Waals surface area contributed by atoms with Gasteiger partial charge in [-0.15, -0.1) is 0 Å². The van der Waals surface area contributed by atoms with E-state index in [9.17, 15) is 9.90 Å². The highest BCUT2D eigenvalue weighted by Gasteiger charge is 2.31. The second-order valence-corrected chi connectivity index (χ2v) is 9.70. The number of aryl methyl sites for hydroxylation is 1. The molecule has 2 heterocycles. The van der Waals surface area contributed by atoms with Crippen LogP contribution in [0.4, 0.5) is 0 Å². The van der Waals surface area contributed by atoms with E-state index < -0.39 is 6.10 Å². The lowest BCUT2D eigenvalue weighted by Gasteiger charge is -2.36. The Morgan fingerprint density at radius 3 is 2.83 bits per heavy atom. The quantitative estimate of drug-likeness (QED) is 0.558. The highest BCUT2D eigenvalue weighted by atomic mass is 16.7. The van der Waals surface area contributed by atoms with Crippen molar-refractivity contribution in [1.82, 2.24) is 9.80 Å². The number of carbonyl (C=O) groups excluding carboxylic acids is 1. The maximum atomic E-state index is 13.4. The Morgan fingerprint density at radius 2 is 2.00 bits per heavy atom. The summed E-state index contributed by atoms with van der Waals surface area (Å²) in [5.41, 5.74) is 1.65. The van der Waals surface area contributed by atoms with E-state index >= 15 is 0 Å². The smallest absolute Gasteiger partial charge is 0.254 e. The number of β-amino-alcohol motifs (C(OH)–C–C–N with tert-alkyl or cyclic N) is 1. The number of nitrogens with zero attached hydrogens (tertiary/aromatic N) is 2. The zero-order valence-electron chi connectivity index (χ0n) is 20.2. The third-order valence-corrected chi connectivity index (χ3v) is 6.72. The lowest BCUT2D eigenvalue weighted by Crippen LogP contribution is -2.51. The van der Waals surface area contributed by atoms with Gasteiger partial charge in [0.25, 0.3) is 5.91 Å². The standard InChI is InChI=1S/C27H34N2O6/c1-19-4-2-3-5-24(19)33-17-22(30)14-28-10-11-32-23(15-28)16-29(13-20-6-7-20)27(31)21-8-9-25-26(12-21)35-18-34-25/h2-5,8-9,12,20,22-23,30H,6-7,10-11,13-18H2,1H3. The van der Waals surface area contributed by atoms with Crippen LogP contribution in [0, 0.1) is 12.8 Å². The number of carbonyl (C=O) groups is 1. The van der Waals surface area contributed by atoms with E-state index in [4.69, 9.17) is 18.9 Å². The van der Waals surface area contributed by atoms with E-state index in [1.165, 1.54) is 0 Å². The van der Waals surface area contributed by atoms with Gasteiger partial charge in [0, 0.05) is 38.3 Å². The summed E-state index contributed by atoms with van der Waals surface area (Å²) in [4.78, 5) is 17.5. The van der Waals surface area contributed by atoms with Crippen molar-refractivity contribution in [3.8, 4) is 17.2 Å². The molecule has 1 amide bonds. The van der Waals surface area contributed by atoms with Crippen molar-refractivity contribution >= 4 is 5.91 Å². The van der Waals surface area contributed by atoms with E-state index in [0.717, 1.165) is 37.2 Å². The minimum absolute atomic E-state index is 0.0115. The zero-order valence-corrected chi connectivity index (χ0v) is 20.2. The van der Waals surface area contributed by atoms with E-state index in [1.807, 2.05) is 36.1 Å². The van der Waals surface area contributed by atoms with Crippen molar-refractivity contribution in [3.63, 3.8) is 0 Å². The van der Waals surface area contributed by atoms with Gasteiger partial charge in [-0.25, -0.2) is 0 Å². The van der Waals surface area contributed by atoms with Gasteiger partial charge in [-0.3, -0.25) is 9.69 Å². The molecule has 0 aromatic heterocycles. The molecule has 0 spiro atoms. The van der Waals surface area contributed by atoms with Gasteiger partial charge in [-0.2, -0.15) is 0 Å². The first-order valence-electron chi connectivity index (χ1n) is 12.4. The van der Waals surface area contributed by atoms with Gasteiger partial charge in [0.1, 0.15) is 18.5 Å². The molecule has 1 saturated carbocycles. The Hall–Kier alpha value is -2.81. The van der Waals surface area contributed by atoms with Crippen LogP contribution in [0.5, 0.6) is 17.2 Å². The number of amides is 1. The van der Waals surface area contributed by atoms with Crippen LogP contribution < -0.4 is 14.2 Å². The van der Waals surface area contributed by atoms with Crippen LogP contribution in [-0.2, 0) is 4.74 Å². The van der Waals surface area contributed by atoms with E-state index in [-0.39, 0.29) is 25.4 Å². The van der Waals surface area contributed by atoms with Crippen molar-refractivity contribution in [1.29, 1.82) is 0 Å². The number of benzene rings is 2. The number of para-hydroxylation sites is 1. The number of fused-ring (bicyclic) bond motifs is 1. The number of hydrogen-bond donors (Lipinski definition) is 1.